The van der Waals surface area contributed by atoms with E-state index in [0.29, 0.717) is 13.1 Å². The van der Waals surface area contributed by atoms with Crippen LogP contribution in [0.5, 0.6) is 0 Å². The molecule has 3 heterocycles. The lowest BCUT2D eigenvalue weighted by Gasteiger charge is -2.25. The first-order valence-electron chi connectivity index (χ1n) is 9.50. The van der Waals surface area contributed by atoms with E-state index in [9.17, 15) is 9.59 Å². The fraction of sp³-hybridized carbons (Fsp3) is 0.450. The highest BCUT2D eigenvalue weighted by Crippen LogP contribution is 2.35. The molecule has 3 aromatic rings. The second-order valence-electron chi connectivity index (χ2n) is 7.47. The van der Waals surface area contributed by atoms with E-state index in [2.05, 4.69) is 10.5 Å². The maximum Gasteiger partial charge on any atom is 0.328 e. The van der Waals surface area contributed by atoms with E-state index in [1.165, 1.54) is 0 Å². The van der Waals surface area contributed by atoms with Crippen LogP contribution in [0.1, 0.15) is 41.5 Å². The van der Waals surface area contributed by atoms with Gasteiger partial charge in [0.25, 0.3) is 0 Å². The Morgan fingerprint density at radius 1 is 1.25 bits per heavy atom. The van der Waals surface area contributed by atoms with E-state index in [1.54, 1.807) is 23.2 Å². The summed E-state index contributed by atoms with van der Waals surface area (Å²) in [5.41, 5.74) is 4.49. The molecule has 1 aliphatic heterocycles. The van der Waals surface area contributed by atoms with Gasteiger partial charge in [-0.25, -0.2) is 9.59 Å². The molecule has 1 N–H and O–H groups in total. The van der Waals surface area contributed by atoms with Crippen LogP contribution in [0.2, 0.25) is 0 Å². The number of imidazole rings is 1. The number of fused-ring (bicyclic) bond motifs is 1. The predicted octanol–water partition coefficient (Wildman–Crippen LogP) is 2.53. The first-order valence-corrected chi connectivity index (χ1v) is 9.50. The molecule has 1 aliphatic rings. The van der Waals surface area contributed by atoms with Crippen molar-refractivity contribution in [1.29, 1.82) is 0 Å². The summed E-state index contributed by atoms with van der Waals surface area (Å²) in [5, 5.41) is 7.05. The summed E-state index contributed by atoms with van der Waals surface area (Å²) in [6.07, 6.45) is 1.87. The first-order chi connectivity index (χ1) is 13.4. The summed E-state index contributed by atoms with van der Waals surface area (Å²) >= 11 is 0. The third-order valence-electron chi connectivity index (χ3n) is 5.72. The van der Waals surface area contributed by atoms with Crippen LogP contribution in [0, 0.1) is 13.8 Å². The number of nitrogens with one attached hydrogen (secondary N) is 1. The molecule has 1 aromatic carbocycles. The minimum atomic E-state index is -0.0930. The van der Waals surface area contributed by atoms with Crippen molar-refractivity contribution in [3.63, 3.8) is 0 Å². The molecule has 0 radical (unpaired) electrons. The van der Waals surface area contributed by atoms with Crippen molar-refractivity contribution in [2.75, 3.05) is 6.54 Å². The number of carbonyl (C=O) groups is 1. The zero-order valence-electron chi connectivity index (χ0n) is 16.7. The third kappa shape index (κ3) is 2.89. The van der Waals surface area contributed by atoms with E-state index in [-0.39, 0.29) is 17.8 Å². The molecule has 0 spiro atoms. The summed E-state index contributed by atoms with van der Waals surface area (Å²) in [4.78, 5) is 26.8. The van der Waals surface area contributed by atoms with Gasteiger partial charge in [-0.2, -0.15) is 0 Å². The normalized spacial score (nSPS) is 16.9. The third-order valence-corrected chi connectivity index (χ3v) is 5.72. The number of carbonyl (C=O) groups excluding carboxylic acids is 1. The van der Waals surface area contributed by atoms with Crippen molar-refractivity contribution in [3.05, 3.63) is 51.3 Å². The van der Waals surface area contributed by atoms with Gasteiger partial charge >= 0.3 is 11.7 Å². The SMILES string of the molecule is Cc1noc(C)c1[C@@H]1CCCN1C(=O)NCc1ccc2c(c1)n(C)c(=O)n2C. The van der Waals surface area contributed by atoms with Gasteiger partial charge in [-0.1, -0.05) is 11.2 Å². The lowest BCUT2D eigenvalue weighted by atomic mass is 10.0. The number of urea groups is 1. The van der Waals surface area contributed by atoms with Gasteiger partial charge in [0.2, 0.25) is 0 Å². The number of aryl methyl sites for hydroxylation is 4. The van der Waals surface area contributed by atoms with Gasteiger partial charge in [0, 0.05) is 32.7 Å². The van der Waals surface area contributed by atoms with Crippen molar-refractivity contribution in [1.82, 2.24) is 24.5 Å². The quantitative estimate of drug-likeness (QED) is 0.753. The maximum absolute atomic E-state index is 12.8. The minimum Gasteiger partial charge on any atom is -0.361 e. The van der Waals surface area contributed by atoms with Gasteiger partial charge in [0.15, 0.2) is 0 Å². The lowest BCUT2D eigenvalue weighted by Crippen LogP contribution is -2.39. The molecular weight excluding hydrogens is 358 g/mol. The van der Waals surface area contributed by atoms with E-state index >= 15 is 0 Å². The summed E-state index contributed by atoms with van der Waals surface area (Å²) in [7, 11) is 3.51. The largest absolute Gasteiger partial charge is 0.361 e. The first kappa shape index (κ1) is 18.3. The van der Waals surface area contributed by atoms with Crippen LogP contribution in [-0.2, 0) is 20.6 Å². The van der Waals surface area contributed by atoms with Gasteiger partial charge in [-0.3, -0.25) is 9.13 Å². The molecular formula is C20H25N5O3. The van der Waals surface area contributed by atoms with Crippen molar-refractivity contribution in [3.8, 4) is 0 Å². The van der Waals surface area contributed by atoms with Gasteiger partial charge < -0.3 is 14.7 Å². The van der Waals surface area contributed by atoms with E-state index in [4.69, 9.17) is 4.52 Å². The molecule has 0 saturated carbocycles. The Bertz CT molecular complexity index is 1090. The Labute approximate surface area is 162 Å². The van der Waals surface area contributed by atoms with Crippen LogP contribution >= 0.6 is 0 Å². The molecule has 1 saturated heterocycles. The molecule has 1 fully saturated rings. The number of aromatic nitrogens is 3. The zero-order valence-corrected chi connectivity index (χ0v) is 16.7. The number of hydrogen-bond acceptors (Lipinski definition) is 4. The topological polar surface area (TPSA) is 85.3 Å². The van der Waals surface area contributed by atoms with Crippen LogP contribution in [-0.4, -0.2) is 31.8 Å². The van der Waals surface area contributed by atoms with E-state index < -0.39 is 0 Å². The number of rotatable bonds is 3. The number of amides is 2. The Balaban J connectivity index is 1.50. The van der Waals surface area contributed by atoms with Gasteiger partial charge in [0.1, 0.15) is 5.76 Å². The Morgan fingerprint density at radius 3 is 2.71 bits per heavy atom. The van der Waals surface area contributed by atoms with Crippen molar-refractivity contribution < 1.29 is 9.32 Å². The minimum absolute atomic E-state index is 0.00340. The Morgan fingerprint density at radius 2 is 2.00 bits per heavy atom. The van der Waals surface area contributed by atoms with E-state index in [0.717, 1.165) is 46.5 Å². The molecule has 0 aliphatic carbocycles. The molecule has 4 rings (SSSR count). The molecule has 0 unspecified atom stereocenters. The number of likely N-dealkylation sites (tertiary alicyclic amines) is 1. The molecule has 28 heavy (non-hydrogen) atoms. The summed E-state index contributed by atoms with van der Waals surface area (Å²) in [6.45, 7) is 4.93. The van der Waals surface area contributed by atoms with Crippen molar-refractivity contribution in [2.45, 2.75) is 39.3 Å². The van der Waals surface area contributed by atoms with Crippen LogP contribution in [0.3, 0.4) is 0 Å². The summed E-state index contributed by atoms with van der Waals surface area (Å²) < 4.78 is 8.53. The van der Waals surface area contributed by atoms with Gasteiger partial charge in [0.05, 0.1) is 22.8 Å². The standard InChI is InChI=1S/C20H25N5O3/c1-12-18(13(2)28-22-12)16-6-5-9-25(16)19(26)21-11-14-7-8-15-17(10-14)24(4)20(27)23(15)3/h7-8,10,16H,5-6,9,11H2,1-4H3,(H,21,26)/t16-/m0/s1. The Hall–Kier alpha value is -3.03. The van der Waals surface area contributed by atoms with Crippen LogP contribution in [0.4, 0.5) is 4.79 Å². The highest BCUT2D eigenvalue weighted by Gasteiger charge is 2.33. The molecule has 8 heteroatoms. The number of hydrogen-bond donors (Lipinski definition) is 1. The Kier molecular flexibility index (Phi) is 4.49. The van der Waals surface area contributed by atoms with Crippen LogP contribution in [0.15, 0.2) is 27.5 Å². The van der Waals surface area contributed by atoms with Gasteiger partial charge in [-0.15, -0.1) is 0 Å². The highest BCUT2D eigenvalue weighted by molar-refractivity contribution is 5.78. The summed E-state index contributed by atoms with van der Waals surface area (Å²) in [5.74, 6) is 0.776. The predicted molar refractivity (Wildman–Crippen MR) is 105 cm³/mol. The number of benzene rings is 1. The fourth-order valence-corrected chi connectivity index (χ4v) is 4.22. The average Bonchev–Trinajstić information content (AvgIpc) is 3.34. The molecule has 8 nitrogen and oxygen atoms in total. The second-order valence-corrected chi connectivity index (χ2v) is 7.47. The number of nitrogens with zero attached hydrogens (tertiary/aromatic N) is 4. The van der Waals surface area contributed by atoms with Crippen LogP contribution < -0.4 is 11.0 Å². The average molecular weight is 383 g/mol. The maximum atomic E-state index is 12.8. The fourth-order valence-electron chi connectivity index (χ4n) is 4.22. The monoisotopic (exact) mass is 383 g/mol. The lowest BCUT2D eigenvalue weighted by molar-refractivity contribution is 0.192. The molecule has 2 aromatic heterocycles. The summed E-state index contributed by atoms with van der Waals surface area (Å²) in [6, 6.07) is 5.72. The van der Waals surface area contributed by atoms with Crippen LogP contribution in [0.25, 0.3) is 11.0 Å². The molecule has 1 atom stereocenters. The van der Waals surface area contributed by atoms with Crippen molar-refractivity contribution in [2.24, 2.45) is 14.1 Å². The van der Waals surface area contributed by atoms with E-state index in [1.807, 2.05) is 36.9 Å². The molecule has 0 bridgehead atoms. The smallest absolute Gasteiger partial charge is 0.328 e. The van der Waals surface area contributed by atoms with Crippen molar-refractivity contribution >= 4 is 17.1 Å². The van der Waals surface area contributed by atoms with Gasteiger partial charge in [-0.05, 0) is 44.4 Å². The molecule has 2 amide bonds. The second kappa shape index (κ2) is 6.85. The molecule has 148 valence electrons. The zero-order chi connectivity index (χ0) is 20.0. The highest BCUT2D eigenvalue weighted by atomic mass is 16.5.